The van der Waals surface area contributed by atoms with E-state index in [1.165, 1.54) is 11.3 Å². The Bertz CT molecular complexity index is 419. The van der Waals surface area contributed by atoms with Crippen LogP contribution in [0.2, 0.25) is 0 Å². The molecule has 6 heteroatoms. The number of β-amino-alcohol motifs (C(OH)–C–C–N with tert-alkyl or cyclic N) is 1. The molecular formula is C12H19N3O2S. The van der Waals surface area contributed by atoms with Gasteiger partial charge in [-0.2, -0.15) is 0 Å². The maximum absolute atomic E-state index is 11.6. The third kappa shape index (κ3) is 3.51. The third-order valence-corrected chi connectivity index (χ3v) is 3.93. The number of carbonyl (C=O) groups is 1. The summed E-state index contributed by atoms with van der Waals surface area (Å²) in [6, 6.07) is 0. The molecule has 5 nitrogen and oxygen atoms in total. The van der Waals surface area contributed by atoms with Crippen LogP contribution in [0.3, 0.4) is 0 Å². The van der Waals surface area contributed by atoms with Gasteiger partial charge in [0.2, 0.25) is 5.91 Å². The fourth-order valence-corrected chi connectivity index (χ4v) is 2.75. The van der Waals surface area contributed by atoms with Crippen molar-refractivity contribution < 1.29 is 9.90 Å². The molecule has 2 rings (SSSR count). The molecule has 0 aliphatic carbocycles. The molecule has 0 radical (unpaired) electrons. The van der Waals surface area contributed by atoms with Crippen LogP contribution in [0, 0.1) is 0 Å². The van der Waals surface area contributed by atoms with E-state index in [0.717, 1.165) is 36.8 Å². The molecule has 1 saturated heterocycles. The molecule has 1 atom stereocenters. The van der Waals surface area contributed by atoms with E-state index in [4.69, 9.17) is 0 Å². The first kappa shape index (κ1) is 13.5. The van der Waals surface area contributed by atoms with Crippen molar-refractivity contribution in [2.75, 3.05) is 27.2 Å². The molecule has 0 aromatic carbocycles. The van der Waals surface area contributed by atoms with E-state index in [0.29, 0.717) is 6.42 Å². The number of hydrogen-bond acceptors (Lipinski definition) is 5. The minimum atomic E-state index is -0.196. The lowest BCUT2D eigenvalue weighted by Gasteiger charge is -2.12. The van der Waals surface area contributed by atoms with E-state index >= 15 is 0 Å². The van der Waals surface area contributed by atoms with E-state index < -0.39 is 0 Å². The number of nitrogens with zero attached hydrogens (tertiary/aromatic N) is 3. The van der Waals surface area contributed by atoms with Crippen molar-refractivity contribution in [3.05, 3.63) is 16.1 Å². The van der Waals surface area contributed by atoms with Gasteiger partial charge >= 0.3 is 0 Å². The van der Waals surface area contributed by atoms with E-state index in [-0.39, 0.29) is 12.0 Å². The monoisotopic (exact) mass is 269 g/mol. The zero-order valence-electron chi connectivity index (χ0n) is 10.8. The Morgan fingerprint density at radius 2 is 2.44 bits per heavy atom. The van der Waals surface area contributed by atoms with E-state index in [1.807, 2.05) is 5.38 Å². The predicted molar refractivity (Wildman–Crippen MR) is 70.4 cm³/mol. The summed E-state index contributed by atoms with van der Waals surface area (Å²) in [5.74, 6) is 0.0764. The molecule has 2 heterocycles. The van der Waals surface area contributed by atoms with Crippen molar-refractivity contribution in [3.8, 4) is 0 Å². The summed E-state index contributed by atoms with van der Waals surface area (Å²) < 4.78 is 0. The fraction of sp³-hybridized carbons (Fsp3) is 0.667. The zero-order valence-corrected chi connectivity index (χ0v) is 11.6. The average molecular weight is 269 g/mol. The molecule has 0 spiro atoms. The highest BCUT2D eigenvalue weighted by Gasteiger charge is 2.21. The maximum Gasteiger partial charge on any atom is 0.228 e. The molecule has 0 saturated carbocycles. The van der Waals surface area contributed by atoms with Gasteiger partial charge in [-0.05, 0) is 6.42 Å². The Morgan fingerprint density at radius 3 is 3.06 bits per heavy atom. The second-order valence-corrected chi connectivity index (χ2v) is 5.82. The van der Waals surface area contributed by atoms with Gasteiger partial charge in [0.25, 0.3) is 0 Å². The number of hydrogen-bond donors (Lipinski definition) is 1. The number of likely N-dealkylation sites (N-methyl/N-ethyl adjacent to an activating group) is 1. The van der Waals surface area contributed by atoms with Crippen LogP contribution in [0.4, 0.5) is 0 Å². The van der Waals surface area contributed by atoms with Gasteiger partial charge in [-0.15, -0.1) is 11.3 Å². The Morgan fingerprint density at radius 1 is 1.67 bits per heavy atom. The van der Waals surface area contributed by atoms with E-state index in [2.05, 4.69) is 9.88 Å². The Kier molecular flexibility index (Phi) is 4.31. The van der Waals surface area contributed by atoms with Crippen molar-refractivity contribution in [1.29, 1.82) is 0 Å². The number of amides is 1. The van der Waals surface area contributed by atoms with Gasteiger partial charge in [0, 0.05) is 39.1 Å². The Labute approximate surface area is 111 Å². The number of rotatable bonds is 4. The lowest BCUT2D eigenvalue weighted by molar-refractivity contribution is -0.127. The zero-order chi connectivity index (χ0) is 13.1. The first-order valence-electron chi connectivity index (χ1n) is 6.08. The molecule has 18 heavy (non-hydrogen) atoms. The largest absolute Gasteiger partial charge is 0.392 e. The van der Waals surface area contributed by atoms with E-state index in [9.17, 15) is 9.90 Å². The number of carbonyl (C=O) groups excluding carboxylic acids is 1. The van der Waals surface area contributed by atoms with Gasteiger partial charge in [-0.25, -0.2) is 4.98 Å². The van der Waals surface area contributed by atoms with Gasteiger partial charge in [0.15, 0.2) is 0 Å². The molecule has 100 valence electrons. The molecule has 0 bridgehead atoms. The minimum absolute atomic E-state index is 0.0764. The Balaban J connectivity index is 1.88. The molecule has 0 unspecified atom stereocenters. The summed E-state index contributed by atoms with van der Waals surface area (Å²) in [5.41, 5.74) is 0.996. The molecule has 1 aromatic rings. The lowest BCUT2D eigenvalue weighted by Crippen LogP contribution is -2.23. The van der Waals surface area contributed by atoms with Gasteiger partial charge in [0.05, 0.1) is 18.2 Å². The van der Waals surface area contributed by atoms with Crippen LogP contribution < -0.4 is 0 Å². The highest BCUT2D eigenvalue weighted by molar-refractivity contribution is 7.09. The van der Waals surface area contributed by atoms with Crippen molar-refractivity contribution in [2.45, 2.75) is 25.5 Å². The second-order valence-electron chi connectivity index (χ2n) is 4.88. The van der Waals surface area contributed by atoms with Crippen LogP contribution in [0.25, 0.3) is 0 Å². The third-order valence-electron chi connectivity index (χ3n) is 3.03. The molecule has 1 fully saturated rings. The maximum atomic E-state index is 11.6. The lowest BCUT2D eigenvalue weighted by atomic mass is 10.3. The quantitative estimate of drug-likeness (QED) is 0.856. The van der Waals surface area contributed by atoms with E-state index in [1.54, 1.807) is 19.0 Å². The predicted octanol–water partition coefficient (Wildman–Crippen LogP) is 0.340. The van der Waals surface area contributed by atoms with Crippen molar-refractivity contribution in [2.24, 2.45) is 0 Å². The smallest absolute Gasteiger partial charge is 0.228 e. The average Bonchev–Trinajstić information content (AvgIpc) is 2.89. The minimum Gasteiger partial charge on any atom is -0.392 e. The summed E-state index contributed by atoms with van der Waals surface area (Å²) >= 11 is 1.53. The number of aliphatic hydroxyl groups excluding tert-OH is 1. The number of thiazole rings is 1. The van der Waals surface area contributed by atoms with Crippen LogP contribution in [-0.4, -0.2) is 59.1 Å². The highest BCUT2D eigenvalue weighted by Crippen LogP contribution is 2.16. The standard InChI is InChI=1S/C12H19N3O2S/c1-14(2)12(17)5-11-13-9(8-18-11)6-15-4-3-10(16)7-15/h8,10,16H,3-7H2,1-2H3/t10-/m1/s1. The molecule has 1 aliphatic heterocycles. The van der Waals surface area contributed by atoms with Crippen LogP contribution in [0.5, 0.6) is 0 Å². The summed E-state index contributed by atoms with van der Waals surface area (Å²) in [6.07, 6.45) is 1.02. The fourth-order valence-electron chi connectivity index (χ4n) is 1.98. The van der Waals surface area contributed by atoms with Crippen LogP contribution in [0.15, 0.2) is 5.38 Å². The van der Waals surface area contributed by atoms with Gasteiger partial charge < -0.3 is 10.0 Å². The summed E-state index contributed by atoms with van der Waals surface area (Å²) in [6.45, 7) is 2.41. The van der Waals surface area contributed by atoms with Gasteiger partial charge in [-0.1, -0.05) is 0 Å². The van der Waals surface area contributed by atoms with Crippen molar-refractivity contribution >= 4 is 17.2 Å². The second kappa shape index (κ2) is 5.77. The molecule has 1 aromatic heterocycles. The van der Waals surface area contributed by atoms with Crippen LogP contribution >= 0.6 is 11.3 Å². The normalized spacial score (nSPS) is 20.3. The van der Waals surface area contributed by atoms with Crippen molar-refractivity contribution in [3.63, 3.8) is 0 Å². The van der Waals surface area contributed by atoms with Crippen LogP contribution in [0.1, 0.15) is 17.1 Å². The number of aromatic nitrogens is 1. The SMILES string of the molecule is CN(C)C(=O)Cc1nc(CN2CC[C@@H](O)C2)cs1. The molecular weight excluding hydrogens is 250 g/mol. The molecule has 1 N–H and O–H groups in total. The topological polar surface area (TPSA) is 56.7 Å². The number of likely N-dealkylation sites (tertiary alicyclic amines) is 1. The number of aliphatic hydroxyl groups is 1. The molecule has 1 amide bonds. The first-order valence-corrected chi connectivity index (χ1v) is 6.96. The highest BCUT2D eigenvalue weighted by atomic mass is 32.1. The summed E-state index contributed by atoms with van der Waals surface area (Å²) in [4.78, 5) is 19.8. The van der Waals surface area contributed by atoms with Gasteiger partial charge in [0.1, 0.15) is 5.01 Å². The van der Waals surface area contributed by atoms with Crippen molar-refractivity contribution in [1.82, 2.24) is 14.8 Å². The summed E-state index contributed by atoms with van der Waals surface area (Å²) in [7, 11) is 3.50. The van der Waals surface area contributed by atoms with Gasteiger partial charge in [-0.3, -0.25) is 9.69 Å². The Hall–Kier alpha value is -0.980. The molecule has 1 aliphatic rings. The first-order chi connectivity index (χ1) is 8.54. The summed E-state index contributed by atoms with van der Waals surface area (Å²) in [5, 5.41) is 12.3. The van der Waals surface area contributed by atoms with Crippen LogP contribution in [-0.2, 0) is 17.8 Å².